The van der Waals surface area contributed by atoms with E-state index in [2.05, 4.69) is 31.4 Å². The third-order valence-electron chi connectivity index (χ3n) is 4.43. The molecule has 0 aliphatic rings. The lowest BCUT2D eigenvalue weighted by Crippen LogP contribution is -2.63. The minimum atomic E-state index is -0.933. The maximum absolute atomic E-state index is 12.5. The number of unbranched alkanes of at least 4 members (excludes halogenated alkanes) is 1. The second kappa shape index (κ2) is 13.3. The zero-order valence-corrected chi connectivity index (χ0v) is 18.4. The highest BCUT2D eigenvalue weighted by atomic mass is 16.5. The van der Waals surface area contributed by atoms with Crippen molar-refractivity contribution < 1.29 is 19.1 Å². The van der Waals surface area contributed by atoms with Crippen LogP contribution in [0.15, 0.2) is 0 Å². The number of ether oxygens (including phenoxy) is 2. The van der Waals surface area contributed by atoms with Gasteiger partial charge in [0.15, 0.2) is 5.78 Å². The monoisotopic (exact) mass is 402 g/mol. The van der Waals surface area contributed by atoms with E-state index in [1.54, 1.807) is 13.8 Å². The average molecular weight is 403 g/mol. The normalized spacial score (nSPS) is 14.7. The van der Waals surface area contributed by atoms with E-state index in [4.69, 9.17) is 20.9 Å². The summed E-state index contributed by atoms with van der Waals surface area (Å²) in [5.41, 5.74) is 9.54. The van der Waals surface area contributed by atoms with Gasteiger partial charge in [-0.2, -0.15) is 0 Å². The number of ketones is 1. The summed E-state index contributed by atoms with van der Waals surface area (Å²) in [6.45, 7) is 12.5. The largest absolute Gasteiger partial charge is 0.378 e. The smallest absolute Gasteiger partial charge is 0.177 e. The SMILES string of the molecule is CC(C)(C)NCCOCCOCC(=O)C(C)(C)N[C@@](C=O)(CN)CCCCN. The molecule has 0 aromatic carbocycles. The van der Waals surface area contributed by atoms with Crippen molar-refractivity contribution in [1.82, 2.24) is 10.6 Å². The predicted molar refractivity (Wildman–Crippen MR) is 112 cm³/mol. The molecular weight excluding hydrogens is 360 g/mol. The lowest BCUT2D eigenvalue weighted by Gasteiger charge is -2.37. The third kappa shape index (κ3) is 11.8. The van der Waals surface area contributed by atoms with E-state index in [1.807, 2.05) is 0 Å². The first-order valence-electron chi connectivity index (χ1n) is 10.1. The number of carbonyl (C=O) groups excluding carboxylic acids is 2. The first-order valence-corrected chi connectivity index (χ1v) is 10.1. The van der Waals surface area contributed by atoms with Crippen molar-refractivity contribution >= 4 is 12.1 Å². The lowest BCUT2D eigenvalue weighted by molar-refractivity contribution is -0.131. The van der Waals surface area contributed by atoms with Crippen molar-refractivity contribution in [2.45, 2.75) is 70.5 Å². The summed E-state index contributed by atoms with van der Waals surface area (Å²) >= 11 is 0. The molecule has 28 heavy (non-hydrogen) atoms. The molecule has 166 valence electrons. The van der Waals surface area contributed by atoms with Crippen LogP contribution in [0.25, 0.3) is 0 Å². The molecule has 0 aromatic heterocycles. The second-order valence-electron chi connectivity index (χ2n) is 8.74. The highest BCUT2D eigenvalue weighted by Crippen LogP contribution is 2.17. The van der Waals surface area contributed by atoms with E-state index < -0.39 is 11.1 Å². The maximum Gasteiger partial charge on any atom is 0.177 e. The molecule has 0 spiro atoms. The standard InChI is InChI=1S/C20H42N4O4/c1-18(2,3)23-10-11-27-12-13-28-14-17(26)19(4,5)24-20(15-22,16-25)8-6-7-9-21/h16,23-24H,6-15,21-22H2,1-5H3/t20-/m1/s1. The fourth-order valence-electron chi connectivity index (χ4n) is 2.69. The molecular formula is C20H42N4O4. The van der Waals surface area contributed by atoms with Crippen molar-refractivity contribution in [3.63, 3.8) is 0 Å². The van der Waals surface area contributed by atoms with Crippen LogP contribution < -0.4 is 22.1 Å². The van der Waals surface area contributed by atoms with Gasteiger partial charge in [-0.15, -0.1) is 0 Å². The Hall–Kier alpha value is -0.900. The molecule has 0 amide bonds. The van der Waals surface area contributed by atoms with E-state index in [1.165, 1.54) is 0 Å². The van der Waals surface area contributed by atoms with Gasteiger partial charge < -0.3 is 31.1 Å². The molecule has 6 N–H and O–H groups in total. The van der Waals surface area contributed by atoms with Crippen LogP contribution in [0.4, 0.5) is 0 Å². The number of hydrogen-bond acceptors (Lipinski definition) is 8. The van der Waals surface area contributed by atoms with E-state index in [0.29, 0.717) is 32.8 Å². The van der Waals surface area contributed by atoms with Gasteiger partial charge in [0, 0.05) is 18.6 Å². The summed E-state index contributed by atoms with van der Waals surface area (Å²) < 4.78 is 10.9. The minimum Gasteiger partial charge on any atom is -0.378 e. The summed E-state index contributed by atoms with van der Waals surface area (Å²) in [5, 5.41) is 6.47. The summed E-state index contributed by atoms with van der Waals surface area (Å²) in [4.78, 5) is 24.2. The van der Waals surface area contributed by atoms with Gasteiger partial charge in [0.2, 0.25) is 0 Å². The van der Waals surface area contributed by atoms with Crippen LogP contribution in [0, 0.1) is 0 Å². The highest BCUT2D eigenvalue weighted by Gasteiger charge is 2.37. The van der Waals surface area contributed by atoms with Gasteiger partial charge in [-0.1, -0.05) is 0 Å². The second-order valence-corrected chi connectivity index (χ2v) is 8.74. The number of aldehydes is 1. The molecule has 8 nitrogen and oxygen atoms in total. The van der Waals surface area contributed by atoms with Crippen LogP contribution in [0.3, 0.4) is 0 Å². The molecule has 0 radical (unpaired) electrons. The van der Waals surface area contributed by atoms with Gasteiger partial charge in [-0.25, -0.2) is 0 Å². The fraction of sp³-hybridized carbons (Fsp3) is 0.900. The molecule has 0 bridgehead atoms. The van der Waals surface area contributed by atoms with Gasteiger partial charge >= 0.3 is 0 Å². The van der Waals surface area contributed by atoms with Crippen molar-refractivity contribution in [1.29, 1.82) is 0 Å². The molecule has 0 rings (SSSR count). The Bertz CT molecular complexity index is 452. The number of Topliss-reactive ketones (excluding diaryl/α,β-unsaturated/α-hetero) is 1. The van der Waals surface area contributed by atoms with Crippen molar-refractivity contribution in [2.75, 3.05) is 46.1 Å². The van der Waals surface area contributed by atoms with E-state index in [-0.39, 0.29) is 24.5 Å². The van der Waals surface area contributed by atoms with Crippen LogP contribution in [0.1, 0.15) is 53.9 Å². The molecule has 0 aliphatic heterocycles. The fourth-order valence-corrected chi connectivity index (χ4v) is 2.69. The van der Waals surface area contributed by atoms with Crippen LogP contribution in [0.5, 0.6) is 0 Å². The Kier molecular flexibility index (Phi) is 12.9. The maximum atomic E-state index is 12.5. The lowest BCUT2D eigenvalue weighted by atomic mass is 9.88. The van der Waals surface area contributed by atoms with Gasteiger partial charge in [0.1, 0.15) is 12.9 Å². The first-order chi connectivity index (χ1) is 13.0. The van der Waals surface area contributed by atoms with Crippen LogP contribution in [0.2, 0.25) is 0 Å². The topological polar surface area (TPSA) is 129 Å². The van der Waals surface area contributed by atoms with Gasteiger partial charge in [0.05, 0.1) is 30.9 Å². The van der Waals surface area contributed by atoms with Crippen molar-refractivity contribution in [3.05, 3.63) is 0 Å². The van der Waals surface area contributed by atoms with Gasteiger partial charge in [-0.05, 0) is 60.4 Å². The molecule has 1 atom stereocenters. The van der Waals surface area contributed by atoms with Crippen LogP contribution in [-0.2, 0) is 19.1 Å². The first kappa shape index (κ1) is 27.1. The third-order valence-corrected chi connectivity index (χ3v) is 4.43. The Morgan fingerprint density at radius 3 is 2.18 bits per heavy atom. The summed E-state index contributed by atoms with van der Waals surface area (Å²) in [7, 11) is 0. The Morgan fingerprint density at radius 1 is 1.00 bits per heavy atom. The molecule has 0 aliphatic carbocycles. The van der Waals surface area contributed by atoms with Gasteiger partial charge in [-0.3, -0.25) is 10.1 Å². The molecule has 0 unspecified atom stereocenters. The summed E-state index contributed by atoms with van der Waals surface area (Å²) in [5.74, 6) is -0.139. The highest BCUT2D eigenvalue weighted by molar-refractivity contribution is 5.89. The average Bonchev–Trinajstić information content (AvgIpc) is 2.61. The molecule has 0 fully saturated rings. The Labute approximate surface area is 170 Å². The van der Waals surface area contributed by atoms with Gasteiger partial charge in [0.25, 0.3) is 0 Å². The van der Waals surface area contributed by atoms with E-state index in [9.17, 15) is 9.59 Å². The Balaban J connectivity index is 4.26. The molecule has 8 heteroatoms. The summed E-state index contributed by atoms with van der Waals surface area (Å²) in [6.07, 6.45) is 2.92. The number of carbonyl (C=O) groups is 2. The molecule has 0 saturated carbocycles. The van der Waals surface area contributed by atoms with E-state index in [0.717, 1.165) is 25.7 Å². The molecule has 0 aromatic rings. The molecule has 0 heterocycles. The number of hydrogen-bond donors (Lipinski definition) is 4. The Morgan fingerprint density at radius 2 is 1.64 bits per heavy atom. The number of rotatable bonds is 17. The quantitative estimate of drug-likeness (QED) is 0.203. The summed E-state index contributed by atoms with van der Waals surface area (Å²) in [6, 6.07) is 0. The van der Waals surface area contributed by atoms with Crippen molar-refractivity contribution in [2.24, 2.45) is 11.5 Å². The zero-order chi connectivity index (χ0) is 21.7. The predicted octanol–water partition coefficient (Wildman–Crippen LogP) is 0.370. The van der Waals surface area contributed by atoms with Crippen LogP contribution >= 0.6 is 0 Å². The van der Waals surface area contributed by atoms with Crippen LogP contribution in [-0.4, -0.2) is 74.7 Å². The minimum absolute atomic E-state index is 0.0497. The van der Waals surface area contributed by atoms with Crippen molar-refractivity contribution in [3.8, 4) is 0 Å². The van der Waals surface area contributed by atoms with E-state index >= 15 is 0 Å². The number of nitrogens with two attached hydrogens (primary N) is 2. The number of nitrogens with one attached hydrogen (secondary N) is 2. The zero-order valence-electron chi connectivity index (χ0n) is 18.4. The molecule has 0 saturated heterocycles.